The molecule has 0 aliphatic heterocycles. The summed E-state index contributed by atoms with van der Waals surface area (Å²) in [6.07, 6.45) is -3.66. The molecule has 0 fully saturated rings. The van der Waals surface area contributed by atoms with E-state index in [1.807, 2.05) is 6.92 Å². The topological polar surface area (TPSA) is 61.0 Å². The molecule has 7 heteroatoms. The lowest BCUT2D eigenvalue weighted by atomic mass is 10.2. The summed E-state index contributed by atoms with van der Waals surface area (Å²) in [5, 5.41) is 0. The van der Waals surface area contributed by atoms with Gasteiger partial charge in [0.25, 0.3) is 0 Å². The highest BCUT2D eigenvalue weighted by atomic mass is 19.4. The normalized spacial score (nSPS) is 11.8. The molecule has 1 aromatic heterocycles. The quantitative estimate of drug-likeness (QED) is 0.886. The highest BCUT2D eigenvalue weighted by molar-refractivity contribution is 5.41. The van der Waals surface area contributed by atoms with E-state index in [1.54, 1.807) is 6.92 Å². The number of nitrogens with two attached hydrogens (primary N) is 1. The van der Waals surface area contributed by atoms with Crippen LogP contribution in [0, 0.1) is 6.92 Å². The van der Waals surface area contributed by atoms with Crippen LogP contribution >= 0.6 is 0 Å². The van der Waals surface area contributed by atoms with Crippen molar-refractivity contribution in [3.8, 4) is 0 Å². The molecular formula is C10H14F3N3O. The van der Waals surface area contributed by atoms with E-state index in [4.69, 9.17) is 5.73 Å². The molecule has 0 aliphatic rings. The lowest BCUT2D eigenvalue weighted by Gasteiger charge is -2.10. The number of halogens is 3. The van der Waals surface area contributed by atoms with Gasteiger partial charge in [0, 0.05) is 11.3 Å². The fourth-order valence-corrected chi connectivity index (χ4v) is 1.44. The minimum Gasteiger partial charge on any atom is -0.383 e. The summed E-state index contributed by atoms with van der Waals surface area (Å²) in [6.45, 7) is 2.03. The van der Waals surface area contributed by atoms with Gasteiger partial charge in [0.2, 0.25) is 0 Å². The molecule has 17 heavy (non-hydrogen) atoms. The number of alkyl halides is 3. The van der Waals surface area contributed by atoms with Crippen molar-refractivity contribution in [2.24, 2.45) is 0 Å². The van der Waals surface area contributed by atoms with E-state index >= 15 is 0 Å². The number of hydrogen-bond donors (Lipinski definition) is 1. The van der Waals surface area contributed by atoms with Crippen LogP contribution in [0.2, 0.25) is 0 Å². The molecule has 0 amide bonds. The Morgan fingerprint density at radius 2 is 1.94 bits per heavy atom. The molecule has 1 rings (SSSR count). The fourth-order valence-electron chi connectivity index (χ4n) is 1.44. The van der Waals surface area contributed by atoms with E-state index in [0.29, 0.717) is 17.9 Å². The Balaban J connectivity index is 2.67. The number of rotatable bonds is 4. The largest absolute Gasteiger partial charge is 0.411 e. The van der Waals surface area contributed by atoms with Crippen molar-refractivity contribution in [1.29, 1.82) is 0 Å². The van der Waals surface area contributed by atoms with Gasteiger partial charge in [0.15, 0.2) is 5.82 Å². The Morgan fingerprint density at radius 1 is 1.29 bits per heavy atom. The predicted octanol–water partition coefficient (Wildman–Crippen LogP) is 2.01. The molecule has 0 saturated carbocycles. The molecule has 0 aliphatic carbocycles. The number of nitrogens with zero attached hydrogens (tertiary/aromatic N) is 2. The monoisotopic (exact) mass is 249 g/mol. The van der Waals surface area contributed by atoms with Crippen molar-refractivity contribution >= 4 is 5.82 Å². The smallest absolute Gasteiger partial charge is 0.383 e. The number of nitrogen functional groups attached to an aromatic ring is 1. The second-order valence-corrected chi connectivity index (χ2v) is 3.55. The van der Waals surface area contributed by atoms with E-state index in [2.05, 4.69) is 14.7 Å². The van der Waals surface area contributed by atoms with Crippen LogP contribution in [-0.2, 0) is 17.8 Å². The summed E-state index contributed by atoms with van der Waals surface area (Å²) >= 11 is 0. The van der Waals surface area contributed by atoms with Crippen LogP contribution in [0.15, 0.2) is 0 Å². The average molecular weight is 249 g/mol. The van der Waals surface area contributed by atoms with Gasteiger partial charge >= 0.3 is 6.18 Å². The molecule has 0 saturated heterocycles. The summed E-state index contributed by atoms with van der Waals surface area (Å²) in [5.41, 5.74) is 7.14. The standard InChI is InChI=1S/C10H14F3N3O/c1-3-7-6(2)15-8(16-9(7)14)4-17-5-10(11,12)13/h3-5H2,1-2H3,(H2,14,15,16). The molecule has 1 aromatic rings. The zero-order valence-corrected chi connectivity index (χ0v) is 9.64. The van der Waals surface area contributed by atoms with E-state index in [0.717, 1.165) is 5.56 Å². The van der Waals surface area contributed by atoms with Crippen molar-refractivity contribution in [3.05, 3.63) is 17.1 Å². The van der Waals surface area contributed by atoms with Gasteiger partial charge in [-0.1, -0.05) is 6.92 Å². The average Bonchev–Trinajstić information content (AvgIpc) is 2.15. The summed E-state index contributed by atoms with van der Waals surface area (Å²) in [6, 6.07) is 0. The van der Waals surface area contributed by atoms with E-state index in [-0.39, 0.29) is 12.4 Å². The van der Waals surface area contributed by atoms with Crippen LogP contribution in [0.3, 0.4) is 0 Å². The van der Waals surface area contributed by atoms with Gasteiger partial charge in [0.1, 0.15) is 19.0 Å². The number of anilines is 1. The number of aryl methyl sites for hydroxylation is 1. The van der Waals surface area contributed by atoms with Crippen LogP contribution in [0.4, 0.5) is 19.0 Å². The van der Waals surface area contributed by atoms with E-state index < -0.39 is 12.8 Å². The zero-order valence-electron chi connectivity index (χ0n) is 9.64. The van der Waals surface area contributed by atoms with E-state index in [9.17, 15) is 13.2 Å². The number of hydrogen-bond acceptors (Lipinski definition) is 4. The first-order valence-electron chi connectivity index (χ1n) is 5.10. The highest BCUT2D eigenvalue weighted by Gasteiger charge is 2.27. The molecule has 2 N–H and O–H groups in total. The van der Waals surface area contributed by atoms with Crippen molar-refractivity contribution < 1.29 is 17.9 Å². The minimum atomic E-state index is -4.34. The molecule has 0 aromatic carbocycles. The van der Waals surface area contributed by atoms with Gasteiger partial charge in [0.05, 0.1) is 0 Å². The first kappa shape index (κ1) is 13.7. The maximum Gasteiger partial charge on any atom is 0.411 e. The molecule has 0 atom stereocenters. The second kappa shape index (κ2) is 5.31. The Kier molecular flexibility index (Phi) is 4.28. The summed E-state index contributed by atoms with van der Waals surface area (Å²) < 4.78 is 40.0. The summed E-state index contributed by atoms with van der Waals surface area (Å²) in [5.74, 6) is 0.465. The minimum absolute atomic E-state index is 0.168. The third-order valence-corrected chi connectivity index (χ3v) is 2.14. The van der Waals surface area contributed by atoms with Crippen LogP contribution < -0.4 is 5.73 Å². The molecule has 0 radical (unpaired) electrons. The van der Waals surface area contributed by atoms with E-state index in [1.165, 1.54) is 0 Å². The Bertz CT molecular complexity index is 370. The third-order valence-electron chi connectivity index (χ3n) is 2.14. The molecule has 0 unspecified atom stereocenters. The van der Waals surface area contributed by atoms with Crippen LogP contribution in [0.5, 0.6) is 0 Å². The molecule has 0 spiro atoms. The first-order valence-corrected chi connectivity index (χ1v) is 5.10. The fraction of sp³-hybridized carbons (Fsp3) is 0.600. The second-order valence-electron chi connectivity index (χ2n) is 3.55. The van der Waals surface area contributed by atoms with Gasteiger partial charge in [-0.25, -0.2) is 9.97 Å². The first-order chi connectivity index (χ1) is 7.83. The molecule has 1 heterocycles. The zero-order chi connectivity index (χ0) is 13.1. The Hall–Kier alpha value is -1.37. The van der Waals surface area contributed by atoms with Crippen LogP contribution in [0.1, 0.15) is 24.0 Å². The van der Waals surface area contributed by atoms with Gasteiger partial charge in [-0.3, -0.25) is 0 Å². The van der Waals surface area contributed by atoms with Gasteiger partial charge < -0.3 is 10.5 Å². The summed E-state index contributed by atoms with van der Waals surface area (Å²) in [4.78, 5) is 7.94. The van der Waals surface area contributed by atoms with Gasteiger partial charge in [-0.2, -0.15) is 13.2 Å². The molecule has 0 bridgehead atoms. The lowest BCUT2D eigenvalue weighted by molar-refractivity contribution is -0.177. The van der Waals surface area contributed by atoms with Gasteiger partial charge in [-0.15, -0.1) is 0 Å². The predicted molar refractivity (Wildman–Crippen MR) is 56.3 cm³/mol. The Morgan fingerprint density at radius 3 is 2.41 bits per heavy atom. The highest BCUT2D eigenvalue weighted by Crippen LogP contribution is 2.17. The third kappa shape index (κ3) is 4.18. The maximum atomic E-state index is 11.8. The molecular weight excluding hydrogens is 235 g/mol. The van der Waals surface area contributed by atoms with Crippen LogP contribution in [0.25, 0.3) is 0 Å². The van der Waals surface area contributed by atoms with Crippen molar-refractivity contribution in [2.45, 2.75) is 33.1 Å². The van der Waals surface area contributed by atoms with Crippen molar-refractivity contribution in [2.75, 3.05) is 12.3 Å². The molecule has 96 valence electrons. The maximum absolute atomic E-state index is 11.8. The summed E-state index contributed by atoms with van der Waals surface area (Å²) in [7, 11) is 0. The van der Waals surface area contributed by atoms with Crippen molar-refractivity contribution in [1.82, 2.24) is 9.97 Å². The molecule has 4 nitrogen and oxygen atoms in total. The number of ether oxygens (including phenoxy) is 1. The number of aromatic nitrogens is 2. The lowest BCUT2D eigenvalue weighted by Crippen LogP contribution is -2.17. The SMILES string of the molecule is CCc1c(C)nc(COCC(F)(F)F)nc1N. The van der Waals surface area contributed by atoms with Crippen molar-refractivity contribution in [3.63, 3.8) is 0 Å². The van der Waals surface area contributed by atoms with Crippen LogP contribution in [-0.4, -0.2) is 22.8 Å². The Labute approximate surface area is 97.0 Å². The van der Waals surface area contributed by atoms with Gasteiger partial charge in [-0.05, 0) is 13.3 Å².